The van der Waals surface area contributed by atoms with Crippen molar-refractivity contribution in [1.82, 2.24) is 0 Å². The minimum Gasteiger partial charge on any atom is -0.325 e. The maximum absolute atomic E-state index is 7.02. The predicted octanol–water partition coefficient (Wildman–Crippen LogP) is 4.11. The first kappa shape index (κ1) is 11.8. The van der Waals surface area contributed by atoms with Crippen molar-refractivity contribution in [1.29, 1.82) is 0 Å². The van der Waals surface area contributed by atoms with Gasteiger partial charge in [0.25, 0.3) is 0 Å². The van der Waals surface area contributed by atoms with Gasteiger partial charge in [-0.05, 0) is 93.3 Å². The van der Waals surface area contributed by atoms with E-state index in [0.29, 0.717) is 5.41 Å². The Bertz CT molecular complexity index is 302. The highest BCUT2D eigenvalue weighted by molar-refractivity contribution is 5.12. The molecule has 0 aromatic carbocycles. The summed E-state index contributed by atoms with van der Waals surface area (Å²) in [6, 6.07) is 0. The highest BCUT2D eigenvalue weighted by atomic mass is 14.8. The Morgan fingerprint density at radius 2 is 1.28 bits per heavy atom. The predicted molar refractivity (Wildman–Crippen MR) is 75.2 cm³/mol. The van der Waals surface area contributed by atoms with Crippen molar-refractivity contribution < 1.29 is 0 Å². The van der Waals surface area contributed by atoms with Gasteiger partial charge in [-0.2, -0.15) is 0 Å². The molecular weight excluding hydrogens is 218 g/mol. The quantitative estimate of drug-likeness (QED) is 0.741. The van der Waals surface area contributed by atoms with Gasteiger partial charge in [-0.3, -0.25) is 0 Å². The van der Waals surface area contributed by atoms with E-state index in [9.17, 15) is 0 Å². The van der Waals surface area contributed by atoms with Crippen LogP contribution >= 0.6 is 0 Å². The van der Waals surface area contributed by atoms with Crippen molar-refractivity contribution in [2.75, 3.05) is 0 Å². The fourth-order valence-corrected chi connectivity index (χ4v) is 6.53. The van der Waals surface area contributed by atoms with Crippen LogP contribution in [-0.4, -0.2) is 5.54 Å². The Balaban J connectivity index is 1.63. The summed E-state index contributed by atoms with van der Waals surface area (Å²) in [5, 5.41) is 0. The molecule has 0 atom stereocenters. The van der Waals surface area contributed by atoms with Crippen LogP contribution in [0, 0.1) is 29.1 Å². The fourth-order valence-electron chi connectivity index (χ4n) is 6.53. The van der Waals surface area contributed by atoms with E-state index in [1.165, 1.54) is 44.9 Å². The standard InChI is InChI=1S/C17H29N/c1-12-2-4-17(18,5-3-12)16-9-13-6-14(10-16)8-15(7-13)11-16/h12-15H,2-11,18H2,1H3. The minimum atomic E-state index is 0.218. The van der Waals surface area contributed by atoms with Crippen LogP contribution in [-0.2, 0) is 0 Å². The second-order valence-electron chi connectivity index (χ2n) is 8.54. The zero-order valence-corrected chi connectivity index (χ0v) is 12.0. The third kappa shape index (κ3) is 1.55. The van der Waals surface area contributed by atoms with Gasteiger partial charge in [-0.25, -0.2) is 0 Å². The van der Waals surface area contributed by atoms with Gasteiger partial charge in [0.2, 0.25) is 0 Å². The van der Waals surface area contributed by atoms with E-state index in [-0.39, 0.29) is 5.54 Å². The molecule has 0 saturated heterocycles. The van der Waals surface area contributed by atoms with Gasteiger partial charge in [0.15, 0.2) is 0 Å². The topological polar surface area (TPSA) is 26.0 Å². The second-order valence-corrected chi connectivity index (χ2v) is 8.54. The fraction of sp³-hybridized carbons (Fsp3) is 1.00. The molecule has 0 aromatic rings. The lowest BCUT2D eigenvalue weighted by Gasteiger charge is -2.64. The lowest BCUT2D eigenvalue weighted by molar-refractivity contribution is -0.109. The van der Waals surface area contributed by atoms with Crippen molar-refractivity contribution >= 4 is 0 Å². The Morgan fingerprint density at radius 3 is 1.72 bits per heavy atom. The summed E-state index contributed by atoms with van der Waals surface area (Å²) in [4.78, 5) is 0. The molecule has 102 valence electrons. The van der Waals surface area contributed by atoms with Crippen LogP contribution in [0.1, 0.15) is 71.1 Å². The van der Waals surface area contributed by atoms with E-state index >= 15 is 0 Å². The van der Waals surface area contributed by atoms with Crippen molar-refractivity contribution in [2.45, 2.75) is 76.7 Å². The van der Waals surface area contributed by atoms with E-state index in [0.717, 1.165) is 23.7 Å². The number of rotatable bonds is 1. The number of nitrogens with two attached hydrogens (primary N) is 1. The number of hydrogen-bond donors (Lipinski definition) is 1. The summed E-state index contributed by atoms with van der Waals surface area (Å²) >= 11 is 0. The maximum Gasteiger partial charge on any atom is 0.0211 e. The minimum absolute atomic E-state index is 0.218. The summed E-state index contributed by atoms with van der Waals surface area (Å²) < 4.78 is 0. The second kappa shape index (κ2) is 3.75. The molecule has 4 bridgehead atoms. The SMILES string of the molecule is CC1CCC(N)(C23CC4CC(CC(C4)C2)C3)CC1. The summed E-state index contributed by atoms with van der Waals surface area (Å²) in [6.07, 6.45) is 14.5. The average Bonchev–Trinajstić information content (AvgIpc) is 2.31. The van der Waals surface area contributed by atoms with Crippen molar-refractivity contribution in [3.63, 3.8) is 0 Å². The molecule has 5 aliphatic rings. The van der Waals surface area contributed by atoms with E-state index in [4.69, 9.17) is 5.73 Å². The highest BCUT2D eigenvalue weighted by Gasteiger charge is 2.59. The molecule has 0 unspecified atom stereocenters. The van der Waals surface area contributed by atoms with Gasteiger partial charge < -0.3 is 5.73 Å². The molecule has 0 aromatic heterocycles. The largest absolute Gasteiger partial charge is 0.325 e. The van der Waals surface area contributed by atoms with Crippen molar-refractivity contribution in [3.05, 3.63) is 0 Å². The van der Waals surface area contributed by atoms with E-state index in [2.05, 4.69) is 6.92 Å². The third-order valence-electron chi connectivity index (χ3n) is 7.26. The van der Waals surface area contributed by atoms with Crippen LogP contribution in [0.3, 0.4) is 0 Å². The normalized spacial score (nSPS) is 59.0. The molecule has 2 N–H and O–H groups in total. The molecular formula is C17H29N. The zero-order valence-electron chi connectivity index (χ0n) is 12.0. The van der Waals surface area contributed by atoms with Gasteiger partial charge >= 0.3 is 0 Å². The average molecular weight is 247 g/mol. The Morgan fingerprint density at radius 1 is 0.833 bits per heavy atom. The summed E-state index contributed by atoms with van der Waals surface area (Å²) in [7, 11) is 0. The Kier molecular flexibility index (Phi) is 2.45. The summed E-state index contributed by atoms with van der Waals surface area (Å²) in [6.45, 7) is 2.42. The first-order valence-electron chi connectivity index (χ1n) is 8.37. The van der Waals surface area contributed by atoms with Crippen LogP contribution in [0.15, 0.2) is 0 Å². The lowest BCUT2D eigenvalue weighted by atomic mass is 9.43. The molecule has 1 heteroatoms. The lowest BCUT2D eigenvalue weighted by Crippen LogP contribution is -2.63. The van der Waals surface area contributed by atoms with Crippen LogP contribution in [0.2, 0.25) is 0 Å². The Hall–Kier alpha value is -0.0400. The molecule has 1 nitrogen and oxygen atoms in total. The Labute approximate surface area is 112 Å². The maximum atomic E-state index is 7.02. The molecule has 0 heterocycles. The molecule has 5 fully saturated rings. The molecule has 0 amide bonds. The first-order chi connectivity index (χ1) is 8.59. The van der Waals surface area contributed by atoms with Crippen molar-refractivity contribution in [2.24, 2.45) is 34.8 Å². The smallest absolute Gasteiger partial charge is 0.0211 e. The molecule has 5 rings (SSSR count). The van der Waals surface area contributed by atoms with Gasteiger partial charge in [0.1, 0.15) is 0 Å². The zero-order chi connectivity index (χ0) is 12.4. The van der Waals surface area contributed by atoms with Gasteiger partial charge in [0.05, 0.1) is 0 Å². The molecule has 5 saturated carbocycles. The molecule has 5 aliphatic carbocycles. The van der Waals surface area contributed by atoms with E-state index in [1.807, 2.05) is 0 Å². The summed E-state index contributed by atoms with van der Waals surface area (Å²) in [5.74, 6) is 4.08. The molecule has 0 radical (unpaired) electrons. The third-order valence-corrected chi connectivity index (χ3v) is 7.26. The monoisotopic (exact) mass is 247 g/mol. The highest BCUT2D eigenvalue weighted by Crippen LogP contribution is 2.65. The van der Waals surface area contributed by atoms with Crippen LogP contribution in [0.4, 0.5) is 0 Å². The molecule has 0 spiro atoms. The summed E-state index contributed by atoms with van der Waals surface area (Å²) in [5.41, 5.74) is 7.81. The molecule has 0 aliphatic heterocycles. The number of hydrogen-bond acceptors (Lipinski definition) is 1. The van der Waals surface area contributed by atoms with E-state index < -0.39 is 0 Å². The molecule has 18 heavy (non-hydrogen) atoms. The first-order valence-corrected chi connectivity index (χ1v) is 8.37. The van der Waals surface area contributed by atoms with Crippen LogP contribution < -0.4 is 5.73 Å². The van der Waals surface area contributed by atoms with Crippen molar-refractivity contribution in [3.8, 4) is 0 Å². The van der Waals surface area contributed by atoms with Crippen LogP contribution in [0.25, 0.3) is 0 Å². The van der Waals surface area contributed by atoms with E-state index in [1.54, 1.807) is 19.3 Å². The van der Waals surface area contributed by atoms with Gasteiger partial charge in [-0.1, -0.05) is 6.92 Å². The van der Waals surface area contributed by atoms with Crippen LogP contribution in [0.5, 0.6) is 0 Å². The van der Waals surface area contributed by atoms with Gasteiger partial charge in [0, 0.05) is 5.54 Å². The van der Waals surface area contributed by atoms with Gasteiger partial charge in [-0.15, -0.1) is 0 Å².